The lowest BCUT2D eigenvalue weighted by Crippen LogP contribution is -1.94. The summed E-state index contributed by atoms with van der Waals surface area (Å²) in [7, 11) is 0. The van der Waals surface area contributed by atoms with E-state index in [1.165, 1.54) is 6.92 Å². The Morgan fingerprint density at radius 1 is 1.20 bits per heavy atom. The van der Waals surface area contributed by atoms with Crippen LogP contribution in [0.2, 0.25) is 0 Å². The first-order chi connectivity index (χ1) is 4.63. The number of carbonyl (C=O) groups is 1. The fourth-order valence-corrected chi connectivity index (χ4v) is 0.692. The molecular formula is C9H12O. The molecule has 0 bridgehead atoms. The summed E-state index contributed by atoms with van der Waals surface area (Å²) in [5.41, 5.74) is 1.53. The van der Waals surface area contributed by atoms with Gasteiger partial charge in [0.15, 0.2) is 5.78 Å². The highest BCUT2D eigenvalue weighted by molar-refractivity contribution is 5.97. The molecule has 0 fully saturated rings. The van der Waals surface area contributed by atoms with Gasteiger partial charge in [-0.3, -0.25) is 4.79 Å². The van der Waals surface area contributed by atoms with Crippen molar-refractivity contribution in [3.63, 3.8) is 0 Å². The zero-order chi connectivity index (χ0) is 8.15. The van der Waals surface area contributed by atoms with Crippen LogP contribution in [-0.4, -0.2) is 5.78 Å². The Labute approximate surface area is 61.8 Å². The van der Waals surface area contributed by atoms with Crippen LogP contribution in [0.5, 0.6) is 0 Å². The first kappa shape index (κ1) is 8.89. The van der Waals surface area contributed by atoms with E-state index in [1.807, 2.05) is 6.92 Å². The Bertz CT molecular complexity index is 197. The molecule has 0 aromatic carbocycles. The van der Waals surface area contributed by atoms with E-state index in [-0.39, 0.29) is 5.78 Å². The van der Waals surface area contributed by atoms with Crippen molar-refractivity contribution in [3.8, 4) is 0 Å². The van der Waals surface area contributed by atoms with Crippen LogP contribution < -0.4 is 0 Å². The van der Waals surface area contributed by atoms with Crippen LogP contribution in [0.3, 0.4) is 0 Å². The standard InChI is InChI=1S/C9H12O/c1-5-7(3)9(6-2)8(4)10/h5-6H,1-2H2,3-4H3/b9-7+. The zero-order valence-corrected chi connectivity index (χ0v) is 6.48. The van der Waals surface area contributed by atoms with Crippen molar-refractivity contribution < 1.29 is 4.79 Å². The third-order valence-corrected chi connectivity index (χ3v) is 1.31. The van der Waals surface area contributed by atoms with Gasteiger partial charge in [-0.25, -0.2) is 0 Å². The van der Waals surface area contributed by atoms with Gasteiger partial charge in [0.25, 0.3) is 0 Å². The molecule has 0 aliphatic carbocycles. The minimum atomic E-state index is 0.0346. The maximum absolute atomic E-state index is 10.8. The Kier molecular flexibility index (Phi) is 3.40. The highest BCUT2D eigenvalue weighted by Gasteiger charge is 1.99. The Morgan fingerprint density at radius 3 is 1.80 bits per heavy atom. The third-order valence-electron chi connectivity index (χ3n) is 1.31. The average molecular weight is 136 g/mol. The van der Waals surface area contributed by atoms with Crippen molar-refractivity contribution in [1.82, 2.24) is 0 Å². The number of hydrogen-bond acceptors (Lipinski definition) is 1. The van der Waals surface area contributed by atoms with E-state index in [0.29, 0.717) is 5.57 Å². The molecule has 0 aliphatic heterocycles. The second kappa shape index (κ2) is 3.83. The molecule has 1 nitrogen and oxygen atoms in total. The Hall–Kier alpha value is -1.11. The third kappa shape index (κ3) is 2.02. The van der Waals surface area contributed by atoms with E-state index in [9.17, 15) is 4.79 Å². The molecule has 1 heteroatoms. The predicted octanol–water partition coefficient (Wildman–Crippen LogP) is 2.26. The van der Waals surface area contributed by atoms with Gasteiger partial charge in [-0.05, 0) is 19.4 Å². The number of Topliss-reactive ketones (excluding diaryl/α,β-unsaturated/α-hetero) is 1. The van der Waals surface area contributed by atoms with Crippen LogP contribution in [0.1, 0.15) is 13.8 Å². The van der Waals surface area contributed by atoms with E-state index in [4.69, 9.17) is 0 Å². The first-order valence-electron chi connectivity index (χ1n) is 3.10. The van der Waals surface area contributed by atoms with E-state index >= 15 is 0 Å². The molecule has 0 aliphatic rings. The maximum atomic E-state index is 10.8. The minimum absolute atomic E-state index is 0.0346. The summed E-state index contributed by atoms with van der Waals surface area (Å²) in [5.74, 6) is 0.0346. The molecule has 54 valence electrons. The number of ketones is 1. The molecule has 0 aromatic rings. The van der Waals surface area contributed by atoms with Gasteiger partial charge in [-0.2, -0.15) is 0 Å². The molecule has 10 heavy (non-hydrogen) atoms. The van der Waals surface area contributed by atoms with E-state index in [2.05, 4.69) is 13.2 Å². The number of rotatable bonds is 3. The molecule has 0 N–H and O–H groups in total. The molecular weight excluding hydrogens is 124 g/mol. The van der Waals surface area contributed by atoms with E-state index < -0.39 is 0 Å². The van der Waals surface area contributed by atoms with Gasteiger partial charge in [0.1, 0.15) is 0 Å². The Balaban J connectivity index is 4.79. The van der Waals surface area contributed by atoms with Crippen molar-refractivity contribution in [2.45, 2.75) is 13.8 Å². The molecule has 0 rings (SSSR count). The summed E-state index contributed by atoms with van der Waals surface area (Å²) < 4.78 is 0. The zero-order valence-electron chi connectivity index (χ0n) is 6.48. The minimum Gasteiger partial charge on any atom is -0.295 e. The van der Waals surface area contributed by atoms with Crippen LogP contribution in [-0.2, 0) is 4.79 Å². The quantitative estimate of drug-likeness (QED) is 0.429. The van der Waals surface area contributed by atoms with Crippen LogP contribution >= 0.6 is 0 Å². The summed E-state index contributed by atoms with van der Waals surface area (Å²) in [6.45, 7) is 10.4. The second-order valence-electron chi connectivity index (χ2n) is 2.06. The Morgan fingerprint density at radius 2 is 1.70 bits per heavy atom. The van der Waals surface area contributed by atoms with Crippen molar-refractivity contribution in [3.05, 3.63) is 36.5 Å². The van der Waals surface area contributed by atoms with Crippen LogP contribution in [0, 0.1) is 0 Å². The molecule has 0 heterocycles. The highest BCUT2D eigenvalue weighted by atomic mass is 16.1. The summed E-state index contributed by atoms with van der Waals surface area (Å²) in [6, 6.07) is 0. The lowest BCUT2D eigenvalue weighted by atomic mass is 10.1. The van der Waals surface area contributed by atoms with Crippen LogP contribution in [0.4, 0.5) is 0 Å². The number of allylic oxidation sites excluding steroid dienone is 4. The molecule has 0 unspecified atom stereocenters. The molecule has 0 atom stereocenters. The van der Waals surface area contributed by atoms with E-state index in [0.717, 1.165) is 5.57 Å². The SMILES string of the molecule is C=C/C(C)=C(\C=C)C(C)=O. The molecule has 0 aromatic heterocycles. The van der Waals surface area contributed by atoms with Gasteiger partial charge >= 0.3 is 0 Å². The molecule has 0 saturated heterocycles. The number of hydrogen-bond donors (Lipinski definition) is 0. The van der Waals surface area contributed by atoms with Gasteiger partial charge in [-0.1, -0.05) is 25.3 Å². The lowest BCUT2D eigenvalue weighted by molar-refractivity contribution is -0.113. The maximum Gasteiger partial charge on any atom is 0.160 e. The molecule has 0 saturated carbocycles. The predicted molar refractivity (Wildman–Crippen MR) is 43.8 cm³/mol. The van der Waals surface area contributed by atoms with Crippen LogP contribution in [0.15, 0.2) is 36.5 Å². The van der Waals surface area contributed by atoms with Gasteiger partial charge in [0.05, 0.1) is 0 Å². The van der Waals surface area contributed by atoms with Gasteiger partial charge < -0.3 is 0 Å². The number of carbonyl (C=O) groups excluding carboxylic acids is 1. The summed E-state index contributed by atoms with van der Waals surface area (Å²) in [6.07, 6.45) is 3.21. The highest BCUT2D eigenvalue weighted by Crippen LogP contribution is 2.06. The van der Waals surface area contributed by atoms with Crippen molar-refractivity contribution in [2.24, 2.45) is 0 Å². The van der Waals surface area contributed by atoms with Crippen molar-refractivity contribution >= 4 is 5.78 Å². The monoisotopic (exact) mass is 136 g/mol. The smallest absolute Gasteiger partial charge is 0.160 e. The summed E-state index contributed by atoms with van der Waals surface area (Å²) in [5, 5.41) is 0. The van der Waals surface area contributed by atoms with Gasteiger partial charge in [0.2, 0.25) is 0 Å². The molecule has 0 spiro atoms. The second-order valence-corrected chi connectivity index (χ2v) is 2.06. The first-order valence-corrected chi connectivity index (χ1v) is 3.10. The summed E-state index contributed by atoms with van der Waals surface area (Å²) in [4.78, 5) is 10.8. The molecule has 0 radical (unpaired) electrons. The average Bonchev–Trinajstić information content (AvgIpc) is 1.88. The van der Waals surface area contributed by atoms with Crippen LogP contribution in [0.25, 0.3) is 0 Å². The fraction of sp³-hybridized carbons (Fsp3) is 0.222. The fourth-order valence-electron chi connectivity index (χ4n) is 0.692. The largest absolute Gasteiger partial charge is 0.295 e. The van der Waals surface area contributed by atoms with Crippen molar-refractivity contribution in [2.75, 3.05) is 0 Å². The topological polar surface area (TPSA) is 17.1 Å². The van der Waals surface area contributed by atoms with Gasteiger partial charge in [0, 0.05) is 5.57 Å². The van der Waals surface area contributed by atoms with Crippen molar-refractivity contribution in [1.29, 1.82) is 0 Å². The summed E-state index contributed by atoms with van der Waals surface area (Å²) >= 11 is 0. The molecule has 0 amide bonds. The normalized spacial score (nSPS) is 11.8. The van der Waals surface area contributed by atoms with Gasteiger partial charge in [-0.15, -0.1) is 0 Å². The lowest BCUT2D eigenvalue weighted by Gasteiger charge is -1.97. The van der Waals surface area contributed by atoms with E-state index in [1.54, 1.807) is 12.2 Å².